The van der Waals surface area contributed by atoms with E-state index in [0.717, 1.165) is 16.9 Å². The monoisotopic (exact) mass is 360 g/mol. The third-order valence-corrected chi connectivity index (χ3v) is 3.99. The van der Waals surface area contributed by atoms with Crippen LogP contribution in [0.2, 0.25) is 0 Å². The van der Waals surface area contributed by atoms with Crippen LogP contribution in [0.4, 0.5) is 10.6 Å². The molecule has 8 nitrogen and oxygen atoms in total. The summed E-state index contributed by atoms with van der Waals surface area (Å²) in [5.41, 5.74) is 15.9. The number of nitrogens with one attached hydrogen (secondary N) is 1. The highest BCUT2D eigenvalue weighted by atomic mass is 16.5. The van der Waals surface area contributed by atoms with Gasteiger partial charge in [0, 0.05) is 11.8 Å². The van der Waals surface area contributed by atoms with Crippen molar-refractivity contribution in [2.24, 2.45) is 5.73 Å². The van der Waals surface area contributed by atoms with E-state index in [1.54, 1.807) is 6.20 Å². The average molecular weight is 360 g/mol. The van der Waals surface area contributed by atoms with E-state index in [1.165, 1.54) is 11.0 Å². The first-order chi connectivity index (χ1) is 13.1. The molecule has 0 aliphatic heterocycles. The topological polar surface area (TPSA) is 121 Å². The number of para-hydroxylation sites is 1. The van der Waals surface area contributed by atoms with Gasteiger partial charge in [-0.1, -0.05) is 30.3 Å². The van der Waals surface area contributed by atoms with Gasteiger partial charge in [-0.05, 0) is 29.8 Å². The maximum atomic E-state index is 11.3. The van der Waals surface area contributed by atoms with Crippen molar-refractivity contribution >= 4 is 22.9 Å². The summed E-state index contributed by atoms with van der Waals surface area (Å²) in [5, 5.41) is 0.628. The summed E-state index contributed by atoms with van der Waals surface area (Å²) in [6.45, 7) is 0. The Labute approximate surface area is 154 Å². The van der Waals surface area contributed by atoms with E-state index in [2.05, 4.69) is 15.4 Å². The summed E-state index contributed by atoms with van der Waals surface area (Å²) in [6.07, 6.45) is 3.03. The van der Waals surface area contributed by atoms with Gasteiger partial charge in [-0.3, -0.25) is 0 Å². The lowest BCUT2D eigenvalue weighted by Crippen LogP contribution is -2.27. The van der Waals surface area contributed by atoms with E-state index in [9.17, 15) is 4.79 Å². The summed E-state index contributed by atoms with van der Waals surface area (Å²) in [6, 6.07) is 16.3. The van der Waals surface area contributed by atoms with Crippen LogP contribution in [0.3, 0.4) is 0 Å². The Kier molecular flexibility index (Phi) is 4.06. The number of carbonyl (C=O) groups excluding carboxylic acids is 1. The van der Waals surface area contributed by atoms with Gasteiger partial charge in [0.25, 0.3) is 0 Å². The highest BCUT2D eigenvalue weighted by molar-refractivity contribution is 6.01. The number of urea groups is 1. The summed E-state index contributed by atoms with van der Waals surface area (Å²) >= 11 is 0. The van der Waals surface area contributed by atoms with Gasteiger partial charge in [0.2, 0.25) is 0 Å². The quantitative estimate of drug-likeness (QED) is 0.516. The van der Waals surface area contributed by atoms with Crippen LogP contribution in [0.1, 0.15) is 0 Å². The van der Waals surface area contributed by atoms with Crippen molar-refractivity contribution in [2.45, 2.75) is 0 Å². The highest BCUT2D eigenvalue weighted by Gasteiger charge is 2.16. The zero-order valence-electron chi connectivity index (χ0n) is 14.2. The molecule has 0 saturated heterocycles. The molecule has 2 heterocycles. The highest BCUT2D eigenvalue weighted by Crippen LogP contribution is 2.33. The van der Waals surface area contributed by atoms with Crippen LogP contribution in [0, 0.1) is 0 Å². The third-order valence-electron chi connectivity index (χ3n) is 3.99. The Morgan fingerprint density at radius 3 is 2.41 bits per heavy atom. The van der Waals surface area contributed by atoms with Crippen molar-refractivity contribution in [3.8, 4) is 22.6 Å². The van der Waals surface area contributed by atoms with E-state index in [-0.39, 0.29) is 0 Å². The molecular weight excluding hydrogens is 344 g/mol. The molecule has 0 saturated carbocycles. The van der Waals surface area contributed by atoms with Crippen LogP contribution < -0.4 is 21.6 Å². The number of aromatic nitrogens is 3. The number of hydrogen-bond donors (Lipinski definition) is 3. The lowest BCUT2D eigenvalue weighted by atomic mass is 10.1. The number of primary amides is 1. The van der Waals surface area contributed by atoms with Crippen molar-refractivity contribution in [1.82, 2.24) is 14.6 Å². The van der Waals surface area contributed by atoms with Crippen LogP contribution in [0.25, 0.3) is 22.2 Å². The smallest absolute Gasteiger partial charge is 0.331 e. The van der Waals surface area contributed by atoms with Crippen molar-refractivity contribution in [1.29, 1.82) is 0 Å². The summed E-state index contributed by atoms with van der Waals surface area (Å²) < 4.78 is 7.24. The van der Waals surface area contributed by atoms with E-state index < -0.39 is 6.03 Å². The van der Waals surface area contributed by atoms with Gasteiger partial charge in [-0.2, -0.15) is 0 Å². The molecule has 4 rings (SSSR count). The normalized spacial score (nSPS) is 10.7. The van der Waals surface area contributed by atoms with Crippen LogP contribution in [0.15, 0.2) is 67.1 Å². The number of anilines is 1. The number of ether oxygens (including phenoxy) is 1. The molecule has 0 atom stereocenters. The first kappa shape index (κ1) is 16.4. The predicted molar refractivity (Wildman–Crippen MR) is 103 cm³/mol. The fourth-order valence-corrected chi connectivity index (χ4v) is 2.84. The number of rotatable bonds is 4. The standard InChI is InChI=1S/C19H16N6O2/c20-17-16-15(10-25(24-19(21)26)18(16)23-11-22-17)12-6-8-14(9-7-12)27-13-4-2-1-3-5-13/h1-11H,(H2,20,22,23)(H3,21,24,26). The molecule has 2 amide bonds. The molecule has 5 N–H and O–H groups in total. The zero-order chi connectivity index (χ0) is 18.8. The van der Waals surface area contributed by atoms with E-state index in [1.807, 2.05) is 54.6 Å². The van der Waals surface area contributed by atoms with Crippen LogP contribution in [0.5, 0.6) is 11.5 Å². The van der Waals surface area contributed by atoms with E-state index >= 15 is 0 Å². The van der Waals surface area contributed by atoms with Gasteiger partial charge >= 0.3 is 6.03 Å². The Bertz CT molecular complexity index is 1110. The van der Waals surface area contributed by atoms with Crippen LogP contribution in [-0.2, 0) is 0 Å². The Hall–Kier alpha value is -4.07. The number of nitrogen functional groups attached to an aromatic ring is 1. The zero-order valence-corrected chi connectivity index (χ0v) is 14.2. The van der Waals surface area contributed by atoms with Gasteiger partial charge in [-0.15, -0.1) is 0 Å². The first-order valence-electron chi connectivity index (χ1n) is 8.13. The van der Waals surface area contributed by atoms with Crippen molar-refractivity contribution in [2.75, 3.05) is 11.2 Å². The molecule has 8 heteroatoms. The maximum absolute atomic E-state index is 11.3. The minimum absolute atomic E-state index is 0.310. The second-order valence-corrected chi connectivity index (χ2v) is 5.79. The molecule has 2 aromatic carbocycles. The van der Waals surface area contributed by atoms with Crippen LogP contribution >= 0.6 is 0 Å². The third kappa shape index (κ3) is 3.23. The largest absolute Gasteiger partial charge is 0.457 e. The number of carbonyl (C=O) groups is 1. The first-order valence-corrected chi connectivity index (χ1v) is 8.13. The van der Waals surface area contributed by atoms with Crippen molar-refractivity contribution in [3.05, 3.63) is 67.1 Å². The number of nitrogens with zero attached hydrogens (tertiary/aromatic N) is 3. The molecule has 2 aromatic heterocycles. The van der Waals surface area contributed by atoms with Crippen molar-refractivity contribution in [3.63, 3.8) is 0 Å². The lowest BCUT2D eigenvalue weighted by Gasteiger charge is -2.06. The SMILES string of the molecule is NC(=O)Nn1cc(-c2ccc(Oc3ccccc3)cc2)c2c(N)ncnc21. The summed E-state index contributed by atoms with van der Waals surface area (Å²) in [5.74, 6) is 1.77. The molecule has 134 valence electrons. The number of amides is 2. The Balaban J connectivity index is 1.72. The van der Waals surface area contributed by atoms with Gasteiger partial charge in [0.1, 0.15) is 23.6 Å². The molecular formula is C19H16N6O2. The Morgan fingerprint density at radius 1 is 1.00 bits per heavy atom. The molecule has 0 unspecified atom stereocenters. The second-order valence-electron chi connectivity index (χ2n) is 5.79. The Morgan fingerprint density at radius 2 is 1.70 bits per heavy atom. The maximum Gasteiger partial charge on any atom is 0.331 e. The number of benzene rings is 2. The summed E-state index contributed by atoms with van der Waals surface area (Å²) in [4.78, 5) is 19.5. The van der Waals surface area contributed by atoms with Gasteiger partial charge in [0.05, 0.1) is 5.39 Å². The fourth-order valence-electron chi connectivity index (χ4n) is 2.84. The van der Waals surface area contributed by atoms with Crippen LogP contribution in [-0.4, -0.2) is 20.7 Å². The molecule has 0 aliphatic rings. The molecule has 0 fully saturated rings. The molecule has 0 spiro atoms. The minimum atomic E-state index is -0.706. The minimum Gasteiger partial charge on any atom is -0.457 e. The summed E-state index contributed by atoms with van der Waals surface area (Å²) in [7, 11) is 0. The van der Waals surface area contributed by atoms with Crippen molar-refractivity contribution < 1.29 is 9.53 Å². The second kappa shape index (κ2) is 6.68. The molecule has 0 bridgehead atoms. The van der Waals surface area contributed by atoms with Gasteiger partial charge < -0.3 is 16.2 Å². The number of nitrogens with two attached hydrogens (primary N) is 2. The lowest BCUT2D eigenvalue weighted by molar-refractivity contribution is 0.257. The fraction of sp³-hybridized carbons (Fsp3) is 0. The predicted octanol–water partition coefficient (Wildman–Crippen LogP) is 3.10. The van der Waals surface area contributed by atoms with Gasteiger partial charge in [0.15, 0.2) is 5.65 Å². The molecule has 4 aromatic rings. The van der Waals surface area contributed by atoms with Gasteiger partial charge in [-0.25, -0.2) is 24.9 Å². The van der Waals surface area contributed by atoms with E-state index in [0.29, 0.717) is 22.6 Å². The van der Waals surface area contributed by atoms with E-state index in [4.69, 9.17) is 16.2 Å². The average Bonchev–Trinajstić information content (AvgIpc) is 3.02. The molecule has 0 radical (unpaired) electrons. The molecule has 0 aliphatic carbocycles. The number of fused-ring (bicyclic) bond motifs is 1. The number of hydrogen-bond acceptors (Lipinski definition) is 5. The molecule has 27 heavy (non-hydrogen) atoms.